The fourth-order valence-electron chi connectivity index (χ4n) is 3.86. The molecule has 12 heteroatoms. The van der Waals surface area contributed by atoms with Crippen molar-refractivity contribution in [3.8, 4) is 0 Å². The van der Waals surface area contributed by atoms with Crippen LogP contribution >= 0.6 is 11.5 Å². The van der Waals surface area contributed by atoms with E-state index in [-0.39, 0.29) is 34.4 Å². The Morgan fingerprint density at radius 1 is 1.27 bits per heavy atom. The highest BCUT2D eigenvalue weighted by atomic mass is 32.1. The zero-order valence-electron chi connectivity index (χ0n) is 17.8. The lowest BCUT2D eigenvalue weighted by atomic mass is 10.1. The van der Waals surface area contributed by atoms with Crippen LogP contribution in [0.2, 0.25) is 0 Å². The van der Waals surface area contributed by atoms with Gasteiger partial charge in [0, 0.05) is 11.7 Å². The predicted molar refractivity (Wildman–Crippen MR) is 118 cm³/mol. The van der Waals surface area contributed by atoms with E-state index < -0.39 is 35.5 Å². The Kier molecular flexibility index (Phi) is 7.25. The number of carbonyl (C=O) groups excluding carboxylic acids is 3. The van der Waals surface area contributed by atoms with Crippen LogP contribution in [0.3, 0.4) is 0 Å². The van der Waals surface area contributed by atoms with Crippen LogP contribution in [0.25, 0.3) is 0 Å². The summed E-state index contributed by atoms with van der Waals surface area (Å²) < 4.78 is 43.9. The fourth-order valence-corrected chi connectivity index (χ4v) is 4.60. The molecule has 33 heavy (non-hydrogen) atoms. The van der Waals surface area contributed by atoms with Gasteiger partial charge in [0.25, 0.3) is 11.8 Å². The number of carbonyl (C=O) groups is 3. The van der Waals surface area contributed by atoms with E-state index in [4.69, 9.17) is 11.5 Å². The summed E-state index contributed by atoms with van der Waals surface area (Å²) in [6.45, 7) is 1.65. The maximum absolute atomic E-state index is 13.5. The van der Waals surface area contributed by atoms with Crippen molar-refractivity contribution in [1.82, 2.24) is 9.69 Å². The highest BCUT2D eigenvalue weighted by Crippen LogP contribution is 2.34. The molecule has 1 aliphatic rings. The first-order valence-corrected chi connectivity index (χ1v) is 11.2. The molecule has 0 unspecified atom stereocenters. The van der Waals surface area contributed by atoms with Crippen molar-refractivity contribution in [2.75, 3.05) is 10.6 Å². The van der Waals surface area contributed by atoms with Gasteiger partial charge in [0.05, 0.1) is 11.3 Å². The zero-order valence-corrected chi connectivity index (χ0v) is 18.6. The number of aromatic nitrogens is 1. The molecule has 0 radical (unpaired) electrons. The fraction of sp³-hybridized carbons (Fsp3) is 0.429. The van der Waals surface area contributed by atoms with Crippen molar-refractivity contribution in [3.05, 3.63) is 40.4 Å². The SMILES string of the molecule is CC[C@@H](C(=O)NC1CCCC1)N(C(=O)c1snc(C(N)=O)c1N)c1cccc(C(F)(F)F)c1. The Bertz CT molecular complexity index is 1050. The Morgan fingerprint density at radius 3 is 2.48 bits per heavy atom. The van der Waals surface area contributed by atoms with Crippen LogP contribution in [0.4, 0.5) is 24.5 Å². The molecule has 0 spiro atoms. The smallest absolute Gasteiger partial charge is 0.395 e. The van der Waals surface area contributed by atoms with E-state index in [0.717, 1.165) is 48.8 Å². The first kappa shape index (κ1) is 24.5. The number of benzene rings is 1. The van der Waals surface area contributed by atoms with Crippen molar-refractivity contribution in [2.24, 2.45) is 5.73 Å². The van der Waals surface area contributed by atoms with Gasteiger partial charge in [0.15, 0.2) is 5.69 Å². The standard InChI is InChI=1S/C21H24F3N5O3S/c1-2-14(19(31)27-12-7-3-4-8-12)29(13-9-5-6-11(10-13)21(22,23)24)20(32)17-15(25)16(18(26)30)28-33-17/h5-6,9-10,12,14H,2-4,7-8,25H2,1H3,(H2,26,30)(H,27,31)/t14-/m0/s1. The topological polar surface area (TPSA) is 131 Å². The number of alkyl halides is 3. The van der Waals surface area contributed by atoms with Crippen LogP contribution in [0.5, 0.6) is 0 Å². The average molecular weight is 484 g/mol. The highest BCUT2D eigenvalue weighted by molar-refractivity contribution is 7.09. The molecule has 1 aromatic carbocycles. The number of amides is 3. The van der Waals surface area contributed by atoms with Gasteiger partial charge < -0.3 is 16.8 Å². The van der Waals surface area contributed by atoms with Gasteiger partial charge >= 0.3 is 6.18 Å². The molecule has 0 aliphatic heterocycles. The third-order valence-electron chi connectivity index (χ3n) is 5.53. The minimum absolute atomic E-state index is 0.0556. The second kappa shape index (κ2) is 9.77. The molecule has 1 heterocycles. The van der Waals surface area contributed by atoms with Gasteiger partial charge in [0.1, 0.15) is 10.9 Å². The molecule has 178 valence electrons. The molecule has 5 N–H and O–H groups in total. The number of rotatable bonds is 7. The minimum Gasteiger partial charge on any atom is -0.395 e. The molecule has 0 bridgehead atoms. The summed E-state index contributed by atoms with van der Waals surface area (Å²) >= 11 is 0.597. The van der Waals surface area contributed by atoms with E-state index in [2.05, 4.69) is 9.69 Å². The number of nitrogens with two attached hydrogens (primary N) is 2. The van der Waals surface area contributed by atoms with Gasteiger partial charge in [-0.25, -0.2) is 0 Å². The van der Waals surface area contributed by atoms with Crippen LogP contribution in [0.1, 0.15) is 64.8 Å². The van der Waals surface area contributed by atoms with E-state index in [9.17, 15) is 27.6 Å². The highest BCUT2D eigenvalue weighted by Gasteiger charge is 2.37. The van der Waals surface area contributed by atoms with Crippen molar-refractivity contribution < 1.29 is 27.6 Å². The lowest BCUT2D eigenvalue weighted by molar-refractivity contribution is -0.137. The van der Waals surface area contributed by atoms with Crippen molar-refractivity contribution in [3.63, 3.8) is 0 Å². The van der Waals surface area contributed by atoms with Gasteiger partial charge in [-0.15, -0.1) is 0 Å². The van der Waals surface area contributed by atoms with Crippen LogP contribution in [0.15, 0.2) is 24.3 Å². The number of anilines is 2. The van der Waals surface area contributed by atoms with Gasteiger partial charge in [-0.05, 0) is 49.0 Å². The van der Waals surface area contributed by atoms with E-state index in [1.807, 2.05) is 0 Å². The summed E-state index contributed by atoms with van der Waals surface area (Å²) in [5, 5.41) is 2.90. The summed E-state index contributed by atoms with van der Waals surface area (Å²) in [7, 11) is 0. The number of hydrogen-bond donors (Lipinski definition) is 3. The summed E-state index contributed by atoms with van der Waals surface area (Å²) in [5.41, 5.74) is 9.42. The number of primary amides is 1. The van der Waals surface area contributed by atoms with Gasteiger partial charge in [0.2, 0.25) is 5.91 Å². The third kappa shape index (κ3) is 5.27. The molecule has 3 rings (SSSR count). The molecule has 0 saturated heterocycles. The largest absolute Gasteiger partial charge is 0.416 e. The second-order valence-electron chi connectivity index (χ2n) is 7.78. The Hall–Kier alpha value is -3.15. The van der Waals surface area contributed by atoms with Crippen LogP contribution in [0, 0.1) is 0 Å². The van der Waals surface area contributed by atoms with E-state index in [1.54, 1.807) is 6.92 Å². The number of hydrogen-bond acceptors (Lipinski definition) is 6. The summed E-state index contributed by atoms with van der Waals surface area (Å²) in [4.78, 5) is 38.9. The van der Waals surface area contributed by atoms with Crippen LogP contribution < -0.4 is 21.7 Å². The second-order valence-corrected chi connectivity index (χ2v) is 8.55. The van der Waals surface area contributed by atoms with Crippen LogP contribution in [-0.2, 0) is 11.0 Å². The van der Waals surface area contributed by atoms with E-state index in [0.29, 0.717) is 11.5 Å². The maximum atomic E-state index is 13.5. The minimum atomic E-state index is -4.65. The van der Waals surface area contributed by atoms with E-state index >= 15 is 0 Å². The Labute approximate surface area is 192 Å². The molecular weight excluding hydrogens is 459 g/mol. The zero-order chi connectivity index (χ0) is 24.3. The molecule has 1 saturated carbocycles. The van der Waals surface area contributed by atoms with Crippen molar-refractivity contribution in [1.29, 1.82) is 0 Å². The maximum Gasteiger partial charge on any atom is 0.416 e. The third-order valence-corrected chi connectivity index (χ3v) is 6.38. The Morgan fingerprint density at radius 2 is 1.94 bits per heavy atom. The predicted octanol–water partition coefficient (Wildman–Crippen LogP) is 3.33. The monoisotopic (exact) mass is 483 g/mol. The van der Waals surface area contributed by atoms with Crippen molar-refractivity contribution >= 4 is 40.6 Å². The summed E-state index contributed by atoms with van der Waals surface area (Å²) in [6, 6.07) is 2.98. The molecule has 2 aromatic rings. The molecule has 1 aromatic heterocycles. The lowest BCUT2D eigenvalue weighted by Crippen LogP contribution is -2.51. The number of nitrogens with one attached hydrogen (secondary N) is 1. The van der Waals surface area contributed by atoms with Crippen LogP contribution in [-0.4, -0.2) is 34.2 Å². The van der Waals surface area contributed by atoms with Gasteiger partial charge in [-0.1, -0.05) is 25.8 Å². The average Bonchev–Trinajstić information content (AvgIpc) is 3.40. The molecule has 1 aliphatic carbocycles. The number of nitrogen functional groups attached to an aromatic ring is 1. The van der Waals surface area contributed by atoms with Gasteiger partial charge in [-0.3, -0.25) is 19.3 Å². The molecule has 1 atom stereocenters. The van der Waals surface area contributed by atoms with E-state index in [1.165, 1.54) is 6.07 Å². The summed E-state index contributed by atoms with van der Waals surface area (Å²) in [6.07, 6.45) is -1.01. The summed E-state index contributed by atoms with van der Waals surface area (Å²) in [5.74, 6) is -2.27. The lowest BCUT2D eigenvalue weighted by Gasteiger charge is -2.31. The molecule has 3 amide bonds. The van der Waals surface area contributed by atoms with Gasteiger partial charge in [-0.2, -0.15) is 17.5 Å². The molecule has 8 nitrogen and oxygen atoms in total. The number of nitrogens with zero attached hydrogens (tertiary/aromatic N) is 2. The van der Waals surface area contributed by atoms with Crippen molar-refractivity contribution in [2.45, 2.75) is 57.3 Å². The quantitative estimate of drug-likeness (QED) is 0.556. The normalized spacial score (nSPS) is 15.3. The molecule has 1 fully saturated rings. The Balaban J connectivity index is 2.06. The first-order chi connectivity index (χ1) is 15.5. The number of halogens is 3. The molecular formula is C21H24F3N5O3S. The first-order valence-electron chi connectivity index (χ1n) is 10.4.